The van der Waals surface area contributed by atoms with Crippen LogP contribution in [0.3, 0.4) is 0 Å². The number of anilines is 1. The first-order valence-electron chi connectivity index (χ1n) is 8.76. The van der Waals surface area contributed by atoms with Crippen molar-refractivity contribution in [2.45, 2.75) is 18.9 Å². The number of halogens is 2. The van der Waals surface area contributed by atoms with Crippen LogP contribution in [0.4, 0.5) is 5.69 Å². The van der Waals surface area contributed by atoms with E-state index in [0.29, 0.717) is 6.54 Å². The minimum atomic E-state index is 0. The molecule has 2 saturated heterocycles. The molecule has 1 amide bonds. The zero-order valence-electron chi connectivity index (χ0n) is 15.2. The number of piperazine rings is 1. The number of nitrogens with zero attached hydrogens (tertiary/aromatic N) is 2. The number of ether oxygens (including phenoxy) is 2. The lowest BCUT2D eigenvalue weighted by molar-refractivity contribution is -0.130. The summed E-state index contributed by atoms with van der Waals surface area (Å²) in [5.74, 6) is 1.06. The van der Waals surface area contributed by atoms with Crippen molar-refractivity contribution < 1.29 is 14.3 Å². The Labute approximate surface area is 168 Å². The zero-order chi connectivity index (χ0) is 16.8. The smallest absolute Gasteiger partial charge is 0.236 e. The first-order chi connectivity index (χ1) is 11.8. The maximum absolute atomic E-state index is 12.3. The van der Waals surface area contributed by atoms with Gasteiger partial charge in [-0.2, -0.15) is 0 Å². The fourth-order valence-corrected chi connectivity index (χ4v) is 3.34. The summed E-state index contributed by atoms with van der Waals surface area (Å²) in [4.78, 5) is 16.5. The molecule has 0 bridgehead atoms. The summed E-state index contributed by atoms with van der Waals surface area (Å²) in [7, 11) is 1.69. The van der Waals surface area contributed by atoms with Crippen molar-refractivity contribution in [3.63, 3.8) is 0 Å². The van der Waals surface area contributed by atoms with Crippen molar-refractivity contribution in [1.82, 2.24) is 10.2 Å². The summed E-state index contributed by atoms with van der Waals surface area (Å²) in [5, 5.41) is 3.24. The number of hydrogen-bond donors (Lipinski definition) is 1. The number of methoxy groups -OCH3 is 1. The average molecular weight is 406 g/mol. The molecule has 0 aliphatic carbocycles. The van der Waals surface area contributed by atoms with Crippen LogP contribution in [0.5, 0.6) is 5.75 Å². The molecular weight excluding hydrogens is 377 g/mol. The van der Waals surface area contributed by atoms with E-state index in [1.54, 1.807) is 7.11 Å². The van der Waals surface area contributed by atoms with E-state index in [4.69, 9.17) is 9.47 Å². The van der Waals surface area contributed by atoms with Crippen molar-refractivity contribution >= 4 is 36.4 Å². The normalized spacial score (nSPS) is 19.5. The molecule has 1 aromatic carbocycles. The van der Waals surface area contributed by atoms with Crippen LogP contribution in [0.15, 0.2) is 24.3 Å². The summed E-state index contributed by atoms with van der Waals surface area (Å²) in [6.07, 6.45) is 2.50. The molecule has 2 aliphatic rings. The van der Waals surface area contributed by atoms with Gasteiger partial charge in [0.05, 0.1) is 25.4 Å². The number of amides is 1. The molecule has 8 heteroatoms. The molecule has 2 aliphatic heterocycles. The van der Waals surface area contributed by atoms with Crippen molar-refractivity contribution in [2.24, 2.45) is 0 Å². The highest BCUT2D eigenvalue weighted by molar-refractivity contribution is 5.85. The number of rotatable bonds is 6. The predicted molar refractivity (Wildman–Crippen MR) is 108 cm³/mol. The number of hydrogen-bond acceptors (Lipinski definition) is 5. The molecule has 1 atom stereocenters. The molecule has 3 rings (SSSR count). The van der Waals surface area contributed by atoms with E-state index in [-0.39, 0.29) is 36.8 Å². The fraction of sp³-hybridized carbons (Fsp3) is 0.611. The second kappa shape index (κ2) is 11.5. The van der Waals surface area contributed by atoms with Gasteiger partial charge in [-0.25, -0.2) is 0 Å². The lowest BCUT2D eigenvalue weighted by Crippen LogP contribution is -2.51. The Bertz CT molecular complexity index is 548. The van der Waals surface area contributed by atoms with E-state index in [1.807, 2.05) is 23.1 Å². The van der Waals surface area contributed by atoms with Crippen LogP contribution in [0.2, 0.25) is 0 Å². The summed E-state index contributed by atoms with van der Waals surface area (Å²) >= 11 is 0. The maximum Gasteiger partial charge on any atom is 0.236 e. The number of carbonyl (C=O) groups is 1. The minimum Gasteiger partial charge on any atom is -0.495 e. The summed E-state index contributed by atoms with van der Waals surface area (Å²) < 4.78 is 11.0. The van der Waals surface area contributed by atoms with Crippen LogP contribution in [-0.4, -0.2) is 69.9 Å². The molecule has 26 heavy (non-hydrogen) atoms. The lowest BCUT2D eigenvalue weighted by Gasteiger charge is -2.36. The Kier molecular flexibility index (Phi) is 10.1. The van der Waals surface area contributed by atoms with E-state index < -0.39 is 0 Å². The molecular formula is C18H29Cl2N3O3. The third-order valence-corrected chi connectivity index (χ3v) is 4.73. The highest BCUT2D eigenvalue weighted by Gasteiger charge is 2.23. The second-order valence-corrected chi connectivity index (χ2v) is 6.31. The molecule has 1 unspecified atom stereocenters. The van der Waals surface area contributed by atoms with Gasteiger partial charge in [0.1, 0.15) is 5.75 Å². The van der Waals surface area contributed by atoms with Crippen molar-refractivity contribution in [3.8, 4) is 5.75 Å². The van der Waals surface area contributed by atoms with Crippen LogP contribution in [0.1, 0.15) is 12.8 Å². The predicted octanol–water partition coefficient (Wildman–Crippen LogP) is 1.96. The van der Waals surface area contributed by atoms with Crippen molar-refractivity contribution in [3.05, 3.63) is 24.3 Å². The van der Waals surface area contributed by atoms with Gasteiger partial charge in [-0.05, 0) is 25.0 Å². The van der Waals surface area contributed by atoms with Gasteiger partial charge in [0, 0.05) is 39.3 Å². The molecule has 0 aromatic heterocycles. The molecule has 148 valence electrons. The maximum atomic E-state index is 12.3. The van der Waals surface area contributed by atoms with Crippen LogP contribution in [0, 0.1) is 0 Å². The van der Waals surface area contributed by atoms with Gasteiger partial charge in [-0.1, -0.05) is 12.1 Å². The van der Waals surface area contributed by atoms with E-state index >= 15 is 0 Å². The number of benzene rings is 1. The topological polar surface area (TPSA) is 54.0 Å². The van der Waals surface area contributed by atoms with Gasteiger partial charge >= 0.3 is 0 Å². The molecule has 0 saturated carbocycles. The highest BCUT2D eigenvalue weighted by Crippen LogP contribution is 2.28. The molecule has 0 radical (unpaired) electrons. The summed E-state index contributed by atoms with van der Waals surface area (Å²) in [5.41, 5.74) is 1.10. The quantitative estimate of drug-likeness (QED) is 0.783. The Hall–Kier alpha value is -1.21. The van der Waals surface area contributed by atoms with Crippen LogP contribution in [-0.2, 0) is 9.53 Å². The fourth-order valence-electron chi connectivity index (χ4n) is 3.34. The Balaban J connectivity index is 0.00000169. The molecule has 1 aromatic rings. The second-order valence-electron chi connectivity index (χ2n) is 6.31. The molecule has 1 N–H and O–H groups in total. The summed E-state index contributed by atoms with van der Waals surface area (Å²) in [6, 6.07) is 8.04. The molecule has 6 nitrogen and oxygen atoms in total. The lowest BCUT2D eigenvalue weighted by atomic mass is 10.2. The number of nitrogens with one attached hydrogen (secondary N) is 1. The van der Waals surface area contributed by atoms with Gasteiger partial charge < -0.3 is 24.6 Å². The van der Waals surface area contributed by atoms with Gasteiger partial charge in [-0.15, -0.1) is 24.8 Å². The van der Waals surface area contributed by atoms with E-state index in [9.17, 15) is 4.79 Å². The largest absolute Gasteiger partial charge is 0.495 e. The molecule has 2 fully saturated rings. The minimum absolute atomic E-state index is 0. The van der Waals surface area contributed by atoms with Crippen LogP contribution in [0.25, 0.3) is 0 Å². The first-order valence-corrected chi connectivity index (χ1v) is 8.76. The summed E-state index contributed by atoms with van der Waals surface area (Å²) in [6.45, 7) is 5.18. The van der Waals surface area contributed by atoms with Gasteiger partial charge in [0.25, 0.3) is 0 Å². The molecule has 0 spiro atoms. The van der Waals surface area contributed by atoms with E-state index in [1.165, 1.54) is 0 Å². The van der Waals surface area contributed by atoms with Gasteiger partial charge in [0.2, 0.25) is 5.91 Å². The monoisotopic (exact) mass is 405 g/mol. The Morgan fingerprint density at radius 1 is 1.23 bits per heavy atom. The molecule has 2 heterocycles. The Morgan fingerprint density at radius 2 is 1.96 bits per heavy atom. The van der Waals surface area contributed by atoms with Crippen molar-refractivity contribution in [2.75, 3.05) is 57.9 Å². The van der Waals surface area contributed by atoms with Gasteiger partial charge in [-0.3, -0.25) is 4.79 Å². The standard InChI is InChI=1S/C18H27N3O3.2ClH/c1-23-17-7-3-2-6-16(17)20-8-10-21(11-9-20)18(22)14-19-13-15-5-4-12-24-15;;/h2-3,6-7,15,19H,4-5,8-14H2,1H3;2*1H. The Morgan fingerprint density at radius 3 is 2.62 bits per heavy atom. The zero-order valence-corrected chi connectivity index (χ0v) is 16.8. The first kappa shape index (κ1) is 22.8. The number of para-hydroxylation sites is 2. The van der Waals surface area contributed by atoms with E-state index in [0.717, 1.165) is 63.6 Å². The van der Waals surface area contributed by atoms with Crippen molar-refractivity contribution in [1.29, 1.82) is 0 Å². The third kappa shape index (κ3) is 5.91. The van der Waals surface area contributed by atoms with Crippen LogP contribution >= 0.6 is 24.8 Å². The SMILES string of the molecule is COc1ccccc1N1CCN(C(=O)CNCC2CCCO2)CC1.Cl.Cl. The van der Waals surface area contributed by atoms with E-state index in [2.05, 4.69) is 16.3 Å². The average Bonchev–Trinajstić information content (AvgIpc) is 3.15. The number of carbonyl (C=O) groups excluding carboxylic acids is 1. The third-order valence-electron chi connectivity index (χ3n) is 4.73. The van der Waals surface area contributed by atoms with Gasteiger partial charge in [0.15, 0.2) is 0 Å². The van der Waals surface area contributed by atoms with Crippen LogP contribution < -0.4 is 15.0 Å². The highest BCUT2D eigenvalue weighted by atomic mass is 35.5.